The molecule has 0 spiro atoms. The first-order valence-electron chi connectivity index (χ1n) is 7.26. The molecule has 2 aromatic rings. The molecule has 1 fully saturated rings. The minimum atomic E-state index is -2.85. The summed E-state index contributed by atoms with van der Waals surface area (Å²) in [4.78, 5) is 4.50. The van der Waals surface area contributed by atoms with Gasteiger partial charge in [0.2, 0.25) is 0 Å². The molecule has 1 aromatic heterocycles. The van der Waals surface area contributed by atoms with E-state index >= 15 is 0 Å². The highest BCUT2D eigenvalue weighted by molar-refractivity contribution is 7.91. The highest BCUT2D eigenvalue weighted by Gasteiger charge is 2.27. The fraction of sp³-hybridized carbons (Fsp3) is 0.400. The highest BCUT2D eigenvalue weighted by Crippen LogP contribution is 2.18. The number of sulfone groups is 1. The molecule has 1 saturated heterocycles. The largest absolute Gasteiger partial charge is 0.486 e. The molecule has 23 heavy (non-hydrogen) atoms. The molecule has 0 amide bonds. The van der Waals surface area contributed by atoms with Gasteiger partial charge in [-0.25, -0.2) is 13.4 Å². The molecule has 1 N–H and O–H groups in total. The molecule has 8 heteroatoms. The van der Waals surface area contributed by atoms with E-state index in [0.29, 0.717) is 24.6 Å². The van der Waals surface area contributed by atoms with Crippen LogP contribution in [-0.4, -0.2) is 30.9 Å². The van der Waals surface area contributed by atoms with E-state index in [0.717, 1.165) is 16.5 Å². The quantitative estimate of drug-likeness (QED) is 0.844. The Morgan fingerprint density at radius 2 is 2.13 bits per heavy atom. The van der Waals surface area contributed by atoms with Crippen LogP contribution < -0.4 is 10.1 Å². The molecule has 1 aliphatic heterocycles. The number of nitrogens with one attached hydrogen (secondary N) is 1. The minimum Gasteiger partial charge on any atom is -0.486 e. The van der Waals surface area contributed by atoms with Gasteiger partial charge in [0, 0.05) is 23.0 Å². The predicted octanol–water partition coefficient (Wildman–Crippen LogP) is 2.65. The Morgan fingerprint density at radius 1 is 1.35 bits per heavy atom. The number of thiazole rings is 1. The van der Waals surface area contributed by atoms with Crippen LogP contribution in [0.1, 0.15) is 17.1 Å². The first kappa shape index (κ1) is 16.7. The summed E-state index contributed by atoms with van der Waals surface area (Å²) in [6.07, 6.45) is 0.680. The Hall–Kier alpha value is -1.15. The number of benzene rings is 1. The SMILES string of the molecule is O=S1(=O)CCC(NCc2csc(COc3ccc(Cl)cc3)n2)C1. The van der Waals surface area contributed by atoms with Crippen molar-refractivity contribution < 1.29 is 13.2 Å². The van der Waals surface area contributed by atoms with Gasteiger partial charge >= 0.3 is 0 Å². The van der Waals surface area contributed by atoms with Crippen molar-refractivity contribution in [2.75, 3.05) is 11.5 Å². The van der Waals surface area contributed by atoms with Gasteiger partial charge < -0.3 is 10.1 Å². The molecule has 3 rings (SSSR count). The molecule has 2 heterocycles. The van der Waals surface area contributed by atoms with Crippen molar-refractivity contribution in [3.05, 3.63) is 45.4 Å². The minimum absolute atomic E-state index is 0.0375. The molecule has 1 aromatic carbocycles. The van der Waals surface area contributed by atoms with Crippen molar-refractivity contribution in [3.63, 3.8) is 0 Å². The number of ether oxygens (including phenoxy) is 1. The van der Waals surface area contributed by atoms with Crippen LogP contribution in [-0.2, 0) is 23.0 Å². The Morgan fingerprint density at radius 3 is 2.83 bits per heavy atom. The summed E-state index contributed by atoms with van der Waals surface area (Å²) in [5.74, 6) is 1.26. The summed E-state index contributed by atoms with van der Waals surface area (Å²) in [5.41, 5.74) is 0.911. The molecule has 124 valence electrons. The van der Waals surface area contributed by atoms with Crippen LogP contribution in [0.4, 0.5) is 0 Å². The second-order valence-corrected chi connectivity index (χ2v) is 9.06. The molecule has 1 unspecified atom stereocenters. The zero-order valence-corrected chi connectivity index (χ0v) is 14.8. The Bertz CT molecular complexity index is 759. The summed E-state index contributed by atoms with van der Waals surface area (Å²) < 4.78 is 28.5. The third-order valence-corrected chi connectivity index (χ3v) is 6.47. The van der Waals surface area contributed by atoms with Crippen LogP contribution in [0.25, 0.3) is 0 Å². The average molecular weight is 373 g/mol. The number of halogens is 1. The topological polar surface area (TPSA) is 68.3 Å². The summed E-state index contributed by atoms with van der Waals surface area (Å²) in [5, 5.41) is 6.79. The summed E-state index contributed by atoms with van der Waals surface area (Å²) in [7, 11) is -2.85. The number of hydrogen-bond acceptors (Lipinski definition) is 6. The third kappa shape index (κ3) is 4.91. The molecule has 5 nitrogen and oxygen atoms in total. The number of rotatable bonds is 6. The monoisotopic (exact) mass is 372 g/mol. The van der Waals surface area contributed by atoms with E-state index in [1.807, 2.05) is 17.5 Å². The van der Waals surface area contributed by atoms with Gasteiger partial charge in [-0.1, -0.05) is 11.6 Å². The fourth-order valence-electron chi connectivity index (χ4n) is 2.38. The van der Waals surface area contributed by atoms with Gasteiger partial charge in [0.1, 0.15) is 17.4 Å². The summed E-state index contributed by atoms with van der Waals surface area (Å²) in [6.45, 7) is 0.988. The standard InChI is InChI=1S/C15H17ClN2O3S2/c16-11-1-3-14(4-2-11)21-8-15-18-13(9-22-15)7-17-12-5-6-23(19,20)10-12/h1-4,9,12,17H,5-8,10H2. The van der Waals surface area contributed by atoms with Gasteiger partial charge in [0.05, 0.1) is 17.2 Å². The van der Waals surface area contributed by atoms with Gasteiger partial charge in [0.25, 0.3) is 0 Å². The van der Waals surface area contributed by atoms with Crippen LogP contribution >= 0.6 is 22.9 Å². The van der Waals surface area contributed by atoms with Gasteiger partial charge in [-0.2, -0.15) is 0 Å². The van der Waals surface area contributed by atoms with E-state index in [9.17, 15) is 8.42 Å². The normalized spacial score (nSPS) is 19.8. The van der Waals surface area contributed by atoms with Crippen molar-refractivity contribution in [2.45, 2.75) is 25.6 Å². The van der Waals surface area contributed by atoms with Crippen LogP contribution in [0.3, 0.4) is 0 Å². The van der Waals surface area contributed by atoms with Crippen molar-refractivity contribution in [1.82, 2.24) is 10.3 Å². The van der Waals surface area contributed by atoms with E-state index in [1.165, 1.54) is 11.3 Å². The van der Waals surface area contributed by atoms with Crippen molar-refractivity contribution in [3.8, 4) is 5.75 Å². The lowest BCUT2D eigenvalue weighted by Crippen LogP contribution is -2.29. The van der Waals surface area contributed by atoms with E-state index in [2.05, 4.69) is 10.3 Å². The highest BCUT2D eigenvalue weighted by atomic mass is 35.5. The Balaban J connectivity index is 1.47. The van der Waals surface area contributed by atoms with E-state index in [1.54, 1.807) is 12.1 Å². The maximum absolute atomic E-state index is 11.4. The third-order valence-electron chi connectivity index (χ3n) is 3.58. The van der Waals surface area contributed by atoms with Crippen LogP contribution in [0.15, 0.2) is 29.6 Å². The lowest BCUT2D eigenvalue weighted by molar-refractivity contribution is 0.305. The van der Waals surface area contributed by atoms with Crippen LogP contribution in [0.5, 0.6) is 5.75 Å². The van der Waals surface area contributed by atoms with Crippen molar-refractivity contribution in [2.24, 2.45) is 0 Å². The van der Waals surface area contributed by atoms with E-state index < -0.39 is 9.84 Å². The molecule has 0 radical (unpaired) electrons. The second-order valence-electron chi connectivity index (χ2n) is 5.46. The van der Waals surface area contributed by atoms with Crippen LogP contribution in [0, 0.1) is 0 Å². The van der Waals surface area contributed by atoms with Crippen LogP contribution in [0.2, 0.25) is 5.02 Å². The van der Waals surface area contributed by atoms with E-state index in [4.69, 9.17) is 16.3 Å². The zero-order valence-electron chi connectivity index (χ0n) is 12.4. The van der Waals surface area contributed by atoms with Gasteiger partial charge in [-0.15, -0.1) is 11.3 Å². The summed E-state index contributed by atoms with van der Waals surface area (Å²) in [6, 6.07) is 7.24. The Kier molecular flexibility index (Phi) is 5.21. The first-order chi connectivity index (χ1) is 11.0. The molecular formula is C15H17ClN2O3S2. The molecular weight excluding hydrogens is 356 g/mol. The van der Waals surface area contributed by atoms with Gasteiger partial charge in [-0.05, 0) is 30.7 Å². The molecule has 0 saturated carbocycles. The molecule has 0 aliphatic carbocycles. The smallest absolute Gasteiger partial charge is 0.151 e. The van der Waals surface area contributed by atoms with Gasteiger partial charge in [-0.3, -0.25) is 0 Å². The fourth-order valence-corrected chi connectivity index (χ4v) is 4.92. The molecule has 1 atom stereocenters. The second kappa shape index (κ2) is 7.17. The average Bonchev–Trinajstić information content (AvgIpc) is 3.11. The molecule has 0 bridgehead atoms. The first-order valence-corrected chi connectivity index (χ1v) is 10.3. The lowest BCUT2D eigenvalue weighted by Gasteiger charge is -2.08. The zero-order chi connectivity index (χ0) is 16.3. The maximum Gasteiger partial charge on any atom is 0.151 e. The van der Waals surface area contributed by atoms with Gasteiger partial charge in [0.15, 0.2) is 9.84 Å². The lowest BCUT2D eigenvalue weighted by atomic mass is 10.2. The Labute approximate surface area is 144 Å². The predicted molar refractivity (Wildman–Crippen MR) is 91.8 cm³/mol. The van der Waals surface area contributed by atoms with E-state index in [-0.39, 0.29) is 17.5 Å². The maximum atomic E-state index is 11.4. The molecule has 1 aliphatic rings. The number of hydrogen-bond donors (Lipinski definition) is 1. The summed E-state index contributed by atoms with van der Waals surface area (Å²) >= 11 is 7.36. The van der Waals surface area contributed by atoms with Crippen molar-refractivity contribution >= 4 is 32.8 Å². The van der Waals surface area contributed by atoms with Crippen molar-refractivity contribution in [1.29, 1.82) is 0 Å². The number of aromatic nitrogens is 1. The number of nitrogens with zero attached hydrogens (tertiary/aromatic N) is 1.